The Morgan fingerprint density at radius 1 is 0.966 bits per heavy atom. The Balaban J connectivity index is 1.46. The lowest BCUT2D eigenvalue weighted by molar-refractivity contribution is -0.0581. The number of hydroxylamine groups is 2. The normalized spacial score (nSPS) is 16.3. The van der Waals surface area contributed by atoms with Crippen molar-refractivity contribution in [1.82, 2.24) is 5.06 Å². The van der Waals surface area contributed by atoms with E-state index in [4.69, 9.17) is 4.84 Å². The number of benzene rings is 2. The van der Waals surface area contributed by atoms with Crippen molar-refractivity contribution in [2.24, 2.45) is 0 Å². The minimum Gasteiger partial charge on any atom is -0.323 e. The van der Waals surface area contributed by atoms with Gasteiger partial charge in [-0.05, 0) is 46.7 Å². The minimum atomic E-state index is -0.700. The molecule has 5 rings (SSSR count). The molecule has 1 aliphatic heterocycles. The second-order valence-corrected chi connectivity index (χ2v) is 8.95. The first kappa shape index (κ1) is 17.8. The number of rotatable bonds is 2. The minimum absolute atomic E-state index is 0.0473. The maximum atomic E-state index is 12.8. The summed E-state index contributed by atoms with van der Waals surface area (Å²) in [7, 11) is 0. The zero-order valence-corrected chi connectivity index (χ0v) is 16.7. The van der Waals surface area contributed by atoms with E-state index in [1.807, 2.05) is 18.2 Å². The maximum Gasteiger partial charge on any atom is 0.373 e. The smallest absolute Gasteiger partial charge is 0.323 e. The topological polar surface area (TPSA) is 63.7 Å². The van der Waals surface area contributed by atoms with E-state index in [9.17, 15) is 14.4 Å². The summed E-state index contributed by atoms with van der Waals surface area (Å²) in [6.07, 6.45) is 0.802. The lowest BCUT2D eigenvalue weighted by atomic mass is 9.73. The van der Waals surface area contributed by atoms with Crippen LogP contribution in [0, 0.1) is 0 Å². The second-order valence-electron chi connectivity index (χ2n) is 7.90. The Kier molecular flexibility index (Phi) is 3.76. The number of carbonyl (C=O) groups excluding carboxylic acids is 3. The Hall–Kier alpha value is -3.25. The third-order valence-corrected chi connectivity index (χ3v) is 6.67. The van der Waals surface area contributed by atoms with Gasteiger partial charge in [0.1, 0.15) is 4.88 Å². The molecule has 29 heavy (non-hydrogen) atoms. The van der Waals surface area contributed by atoms with Gasteiger partial charge >= 0.3 is 5.97 Å². The van der Waals surface area contributed by atoms with Crippen LogP contribution in [0.25, 0.3) is 10.4 Å². The second kappa shape index (κ2) is 6.12. The van der Waals surface area contributed by atoms with Crippen molar-refractivity contribution in [3.63, 3.8) is 0 Å². The molecule has 0 saturated carbocycles. The van der Waals surface area contributed by atoms with E-state index >= 15 is 0 Å². The van der Waals surface area contributed by atoms with Gasteiger partial charge in [-0.15, -0.1) is 11.3 Å². The van der Waals surface area contributed by atoms with E-state index in [-0.39, 0.29) is 16.5 Å². The van der Waals surface area contributed by atoms with Gasteiger partial charge < -0.3 is 4.84 Å². The molecule has 1 aromatic heterocycles. The Bertz CT molecular complexity index is 1170. The van der Waals surface area contributed by atoms with E-state index < -0.39 is 17.8 Å². The number of hydrogen-bond donors (Lipinski definition) is 0. The molecular weight excluding hydrogens is 386 g/mol. The molecule has 5 nitrogen and oxygen atoms in total. The maximum absolute atomic E-state index is 12.8. The fraction of sp³-hybridized carbons (Fsp3) is 0.174. The average molecular weight is 403 g/mol. The number of imide groups is 1. The molecular formula is C23H17NO4S. The molecule has 2 aromatic carbocycles. The molecule has 0 fully saturated rings. The first-order chi connectivity index (χ1) is 13.9. The van der Waals surface area contributed by atoms with Crippen LogP contribution < -0.4 is 0 Å². The highest BCUT2D eigenvalue weighted by molar-refractivity contribution is 7.17. The van der Waals surface area contributed by atoms with Crippen LogP contribution in [0.2, 0.25) is 0 Å². The van der Waals surface area contributed by atoms with Crippen molar-refractivity contribution in [2.45, 2.75) is 25.7 Å². The van der Waals surface area contributed by atoms with Gasteiger partial charge in [-0.2, -0.15) is 0 Å². The summed E-state index contributed by atoms with van der Waals surface area (Å²) >= 11 is 1.33. The van der Waals surface area contributed by atoms with Gasteiger partial charge in [-0.3, -0.25) is 9.59 Å². The van der Waals surface area contributed by atoms with Crippen LogP contribution in [0.5, 0.6) is 0 Å². The van der Waals surface area contributed by atoms with Crippen LogP contribution in [0.15, 0.2) is 54.6 Å². The van der Waals surface area contributed by atoms with E-state index in [1.54, 1.807) is 24.3 Å². The van der Waals surface area contributed by atoms with Crippen LogP contribution in [0.3, 0.4) is 0 Å². The highest BCUT2D eigenvalue weighted by atomic mass is 32.1. The molecule has 0 radical (unpaired) electrons. The predicted molar refractivity (Wildman–Crippen MR) is 109 cm³/mol. The Morgan fingerprint density at radius 2 is 1.55 bits per heavy atom. The number of carbonyl (C=O) groups is 3. The molecule has 0 saturated heterocycles. The molecule has 0 atom stereocenters. The van der Waals surface area contributed by atoms with E-state index in [0.717, 1.165) is 22.4 Å². The first-order valence-corrected chi connectivity index (χ1v) is 10.1. The van der Waals surface area contributed by atoms with Gasteiger partial charge in [0.15, 0.2) is 0 Å². The summed E-state index contributed by atoms with van der Waals surface area (Å²) in [4.78, 5) is 44.3. The standard InChI is InChI=1S/C23H17NO4S/c1-23(2)12-13-11-18(29-19(13)16-9-5-6-10-17(16)23)22(27)28-24-20(25)14-7-3-4-8-15(14)21(24)26/h3-11H,12H2,1-2H3. The van der Waals surface area contributed by atoms with Gasteiger partial charge in [0, 0.05) is 4.88 Å². The molecule has 0 N–H and O–H groups in total. The van der Waals surface area contributed by atoms with Crippen molar-refractivity contribution in [3.05, 3.63) is 81.7 Å². The van der Waals surface area contributed by atoms with E-state index in [1.165, 1.54) is 16.9 Å². The molecule has 0 unspecified atom stereocenters. The Morgan fingerprint density at radius 3 is 2.21 bits per heavy atom. The van der Waals surface area contributed by atoms with Gasteiger partial charge in [0.25, 0.3) is 11.8 Å². The summed E-state index contributed by atoms with van der Waals surface area (Å²) in [6.45, 7) is 4.37. The van der Waals surface area contributed by atoms with E-state index in [0.29, 0.717) is 9.94 Å². The molecule has 1 aliphatic carbocycles. The van der Waals surface area contributed by atoms with Crippen LogP contribution >= 0.6 is 11.3 Å². The monoisotopic (exact) mass is 403 g/mol. The van der Waals surface area contributed by atoms with Crippen molar-refractivity contribution >= 4 is 29.1 Å². The van der Waals surface area contributed by atoms with Gasteiger partial charge in [0.2, 0.25) is 0 Å². The Labute approximate surface area is 171 Å². The summed E-state index contributed by atoms with van der Waals surface area (Å²) < 4.78 is 0. The lowest BCUT2D eigenvalue weighted by Gasteiger charge is -2.32. The average Bonchev–Trinajstić information content (AvgIpc) is 3.23. The van der Waals surface area contributed by atoms with Crippen molar-refractivity contribution < 1.29 is 19.2 Å². The van der Waals surface area contributed by atoms with Crippen LogP contribution in [0.4, 0.5) is 0 Å². The van der Waals surface area contributed by atoms with Crippen molar-refractivity contribution in [1.29, 1.82) is 0 Å². The van der Waals surface area contributed by atoms with Crippen LogP contribution in [-0.4, -0.2) is 22.8 Å². The zero-order valence-electron chi connectivity index (χ0n) is 15.9. The lowest BCUT2D eigenvalue weighted by Crippen LogP contribution is -2.32. The fourth-order valence-corrected chi connectivity index (χ4v) is 5.20. The molecule has 2 aliphatic rings. The fourth-order valence-electron chi connectivity index (χ4n) is 4.11. The molecule has 2 amide bonds. The summed E-state index contributed by atoms with van der Waals surface area (Å²) in [5, 5.41) is 0.559. The highest BCUT2D eigenvalue weighted by Gasteiger charge is 2.39. The molecule has 0 bridgehead atoms. The van der Waals surface area contributed by atoms with Gasteiger partial charge in [0.05, 0.1) is 11.1 Å². The number of fused-ring (bicyclic) bond motifs is 4. The van der Waals surface area contributed by atoms with Crippen LogP contribution in [-0.2, 0) is 16.7 Å². The zero-order chi connectivity index (χ0) is 20.3. The number of hydrogen-bond acceptors (Lipinski definition) is 5. The summed E-state index contributed by atoms with van der Waals surface area (Å²) in [5.41, 5.74) is 3.87. The van der Waals surface area contributed by atoms with Crippen LogP contribution in [0.1, 0.15) is 55.4 Å². The number of nitrogens with zero attached hydrogens (tertiary/aromatic N) is 1. The number of amides is 2. The van der Waals surface area contributed by atoms with Gasteiger partial charge in [-0.25, -0.2) is 4.79 Å². The largest absolute Gasteiger partial charge is 0.373 e. The molecule has 2 heterocycles. The SMILES string of the molecule is CC1(C)Cc2cc(C(=O)ON3C(=O)c4ccccc4C3=O)sc2-c2ccccc21. The first-order valence-electron chi connectivity index (χ1n) is 9.29. The van der Waals surface area contributed by atoms with Gasteiger partial charge in [-0.1, -0.05) is 55.3 Å². The van der Waals surface area contributed by atoms with Crippen molar-refractivity contribution in [2.75, 3.05) is 0 Å². The van der Waals surface area contributed by atoms with E-state index in [2.05, 4.69) is 26.0 Å². The third-order valence-electron chi connectivity index (χ3n) is 5.47. The predicted octanol–water partition coefficient (Wildman–Crippen LogP) is 4.62. The molecule has 144 valence electrons. The summed E-state index contributed by atoms with van der Waals surface area (Å²) in [6, 6.07) is 16.4. The molecule has 0 spiro atoms. The number of thiophene rings is 1. The highest BCUT2D eigenvalue weighted by Crippen LogP contribution is 2.46. The molecule has 6 heteroatoms. The third kappa shape index (κ3) is 2.63. The van der Waals surface area contributed by atoms with Crippen molar-refractivity contribution in [3.8, 4) is 10.4 Å². The molecule has 3 aromatic rings. The quantitative estimate of drug-likeness (QED) is 0.586. The summed E-state index contributed by atoms with van der Waals surface area (Å²) in [5.74, 6) is -1.94.